The molecule has 3 aromatic carbocycles. The molecule has 0 spiro atoms. The van der Waals surface area contributed by atoms with Crippen LogP contribution in [0.4, 0.5) is 0 Å². The molecule has 100 valence electrons. The summed E-state index contributed by atoms with van der Waals surface area (Å²) in [5, 5.41) is 3.77. The third kappa shape index (κ3) is 2.38. The van der Waals surface area contributed by atoms with E-state index in [1.807, 2.05) is 12.1 Å². The van der Waals surface area contributed by atoms with Crippen LogP contribution in [0.2, 0.25) is 0 Å². The molecular weight excluding hydrogens is 254 g/mol. The Kier molecular flexibility index (Phi) is 2.89. The molecule has 21 heavy (non-hydrogen) atoms. The van der Waals surface area contributed by atoms with E-state index < -0.39 is 0 Å². The van der Waals surface area contributed by atoms with E-state index in [0.717, 1.165) is 17.6 Å². The second-order valence-electron chi connectivity index (χ2n) is 5.35. The summed E-state index contributed by atoms with van der Waals surface area (Å²) in [6.45, 7) is 0. The van der Waals surface area contributed by atoms with Gasteiger partial charge in [-0.05, 0) is 28.5 Å². The molecule has 0 saturated carbocycles. The molecule has 0 fully saturated rings. The first-order valence-corrected chi connectivity index (χ1v) is 7.21. The monoisotopic (exact) mass is 269 g/mol. The highest BCUT2D eigenvalue weighted by Crippen LogP contribution is 2.19. The van der Waals surface area contributed by atoms with E-state index in [0.29, 0.717) is 0 Å². The molecule has 0 aliphatic rings. The lowest BCUT2D eigenvalue weighted by atomic mass is 10.0. The second-order valence-corrected chi connectivity index (χ2v) is 5.35. The summed E-state index contributed by atoms with van der Waals surface area (Å²) in [4.78, 5) is 4.75. The maximum absolute atomic E-state index is 4.75. The summed E-state index contributed by atoms with van der Waals surface area (Å²) >= 11 is 0. The molecule has 1 aromatic heterocycles. The largest absolute Gasteiger partial charge is 0.252 e. The van der Waals surface area contributed by atoms with E-state index in [2.05, 4.69) is 66.7 Å². The van der Waals surface area contributed by atoms with E-state index in [9.17, 15) is 0 Å². The molecule has 1 nitrogen and oxygen atoms in total. The summed E-state index contributed by atoms with van der Waals surface area (Å²) in [6, 6.07) is 27.6. The minimum atomic E-state index is 0.871. The van der Waals surface area contributed by atoms with Crippen LogP contribution in [0.1, 0.15) is 11.3 Å². The highest BCUT2D eigenvalue weighted by molar-refractivity contribution is 5.83. The quantitative estimate of drug-likeness (QED) is 0.500. The van der Waals surface area contributed by atoms with Gasteiger partial charge < -0.3 is 0 Å². The second kappa shape index (κ2) is 5.02. The Morgan fingerprint density at radius 2 is 1.33 bits per heavy atom. The first-order chi connectivity index (χ1) is 10.4. The van der Waals surface area contributed by atoms with Gasteiger partial charge in [-0.3, -0.25) is 4.98 Å². The van der Waals surface area contributed by atoms with Gasteiger partial charge in [0.2, 0.25) is 0 Å². The third-order valence-corrected chi connectivity index (χ3v) is 3.86. The van der Waals surface area contributed by atoms with Crippen molar-refractivity contribution in [3.8, 4) is 0 Å². The molecule has 0 unspecified atom stereocenters. The molecule has 0 bridgehead atoms. The van der Waals surface area contributed by atoms with Crippen molar-refractivity contribution in [3.63, 3.8) is 0 Å². The van der Waals surface area contributed by atoms with Crippen LogP contribution in [-0.2, 0) is 6.42 Å². The van der Waals surface area contributed by atoms with Crippen molar-refractivity contribution in [2.75, 3.05) is 0 Å². The molecule has 0 amide bonds. The number of benzene rings is 3. The molecule has 0 saturated heterocycles. The van der Waals surface area contributed by atoms with E-state index in [-0.39, 0.29) is 0 Å². The van der Waals surface area contributed by atoms with E-state index in [1.165, 1.54) is 21.7 Å². The zero-order chi connectivity index (χ0) is 14.1. The molecule has 1 heteroatoms. The standard InChI is InChI=1S/C20H15N/c1-2-7-18-13-15(9-10-16(18)5-1)14-19-12-11-17-6-3-4-8-20(17)21-19/h1-13H,14H2. The maximum Gasteiger partial charge on any atom is 0.0705 e. The molecule has 0 atom stereocenters. The maximum atomic E-state index is 4.75. The molecule has 4 aromatic rings. The van der Waals surface area contributed by atoms with Crippen molar-refractivity contribution in [2.24, 2.45) is 0 Å². The molecule has 4 rings (SSSR count). The van der Waals surface area contributed by atoms with Crippen molar-refractivity contribution in [2.45, 2.75) is 6.42 Å². The number of pyridine rings is 1. The lowest BCUT2D eigenvalue weighted by Gasteiger charge is -2.05. The minimum Gasteiger partial charge on any atom is -0.252 e. The van der Waals surface area contributed by atoms with Gasteiger partial charge in [0.1, 0.15) is 0 Å². The van der Waals surface area contributed by atoms with Crippen LogP contribution < -0.4 is 0 Å². The first-order valence-electron chi connectivity index (χ1n) is 7.21. The fourth-order valence-electron chi connectivity index (χ4n) is 2.76. The van der Waals surface area contributed by atoms with Crippen LogP contribution in [0.25, 0.3) is 21.7 Å². The summed E-state index contributed by atoms with van der Waals surface area (Å²) in [7, 11) is 0. The molecule has 0 aliphatic carbocycles. The first kappa shape index (κ1) is 12.1. The lowest BCUT2D eigenvalue weighted by molar-refractivity contribution is 1.10. The highest BCUT2D eigenvalue weighted by Gasteiger charge is 2.01. The number of aromatic nitrogens is 1. The topological polar surface area (TPSA) is 12.9 Å². The van der Waals surface area contributed by atoms with Crippen molar-refractivity contribution in [1.29, 1.82) is 0 Å². The molecule has 0 N–H and O–H groups in total. The summed E-state index contributed by atoms with van der Waals surface area (Å²) in [5.74, 6) is 0. The van der Waals surface area contributed by atoms with Crippen LogP contribution in [0.5, 0.6) is 0 Å². The number of nitrogens with zero attached hydrogens (tertiary/aromatic N) is 1. The van der Waals surface area contributed by atoms with Crippen molar-refractivity contribution in [1.82, 2.24) is 4.98 Å². The zero-order valence-electron chi connectivity index (χ0n) is 11.7. The predicted octanol–water partition coefficient (Wildman–Crippen LogP) is 4.98. The Morgan fingerprint density at radius 3 is 2.24 bits per heavy atom. The molecular formula is C20H15N. The fraction of sp³-hybridized carbons (Fsp3) is 0.0500. The van der Waals surface area contributed by atoms with Gasteiger partial charge in [-0.15, -0.1) is 0 Å². The van der Waals surface area contributed by atoms with Crippen molar-refractivity contribution < 1.29 is 0 Å². The van der Waals surface area contributed by atoms with Crippen molar-refractivity contribution in [3.05, 3.63) is 90.1 Å². The number of hydrogen-bond acceptors (Lipinski definition) is 1. The zero-order valence-corrected chi connectivity index (χ0v) is 11.7. The Morgan fingerprint density at radius 1 is 0.619 bits per heavy atom. The van der Waals surface area contributed by atoms with E-state index >= 15 is 0 Å². The predicted molar refractivity (Wildman–Crippen MR) is 88.5 cm³/mol. The lowest BCUT2D eigenvalue weighted by Crippen LogP contribution is -1.92. The number of para-hydroxylation sites is 1. The number of rotatable bonds is 2. The van der Waals surface area contributed by atoms with Gasteiger partial charge >= 0.3 is 0 Å². The summed E-state index contributed by atoms with van der Waals surface area (Å²) in [5.41, 5.74) is 3.48. The Bertz CT molecular complexity index is 847. The number of fused-ring (bicyclic) bond motifs is 2. The Hall–Kier alpha value is -2.67. The fourth-order valence-corrected chi connectivity index (χ4v) is 2.76. The van der Waals surface area contributed by atoms with Crippen LogP contribution in [0.15, 0.2) is 78.9 Å². The summed E-state index contributed by atoms with van der Waals surface area (Å²) < 4.78 is 0. The Balaban J connectivity index is 1.71. The Labute approximate surface area is 123 Å². The van der Waals surface area contributed by atoms with Gasteiger partial charge in [0.05, 0.1) is 5.52 Å². The van der Waals surface area contributed by atoms with Gasteiger partial charge in [-0.25, -0.2) is 0 Å². The molecule has 0 radical (unpaired) electrons. The third-order valence-electron chi connectivity index (χ3n) is 3.86. The summed E-state index contributed by atoms with van der Waals surface area (Å²) in [6.07, 6.45) is 0.871. The van der Waals surface area contributed by atoms with Gasteiger partial charge in [0.15, 0.2) is 0 Å². The van der Waals surface area contributed by atoms with Gasteiger partial charge in [0.25, 0.3) is 0 Å². The number of hydrogen-bond donors (Lipinski definition) is 0. The van der Waals surface area contributed by atoms with Crippen molar-refractivity contribution >= 4 is 21.7 Å². The van der Waals surface area contributed by atoms with Gasteiger partial charge in [0, 0.05) is 17.5 Å². The highest BCUT2D eigenvalue weighted by atomic mass is 14.7. The van der Waals surface area contributed by atoms with Crippen LogP contribution in [0.3, 0.4) is 0 Å². The van der Waals surface area contributed by atoms with E-state index in [4.69, 9.17) is 4.98 Å². The van der Waals surface area contributed by atoms with Gasteiger partial charge in [-0.1, -0.05) is 66.7 Å². The molecule has 0 aliphatic heterocycles. The smallest absolute Gasteiger partial charge is 0.0705 e. The normalized spacial score (nSPS) is 11.0. The average molecular weight is 269 g/mol. The minimum absolute atomic E-state index is 0.871. The van der Waals surface area contributed by atoms with Crippen LogP contribution in [0, 0.1) is 0 Å². The van der Waals surface area contributed by atoms with Crippen LogP contribution in [-0.4, -0.2) is 4.98 Å². The average Bonchev–Trinajstić information content (AvgIpc) is 2.55. The van der Waals surface area contributed by atoms with E-state index in [1.54, 1.807) is 0 Å². The van der Waals surface area contributed by atoms with Gasteiger partial charge in [-0.2, -0.15) is 0 Å². The SMILES string of the molecule is c1ccc2cc(Cc3ccc4ccccc4n3)ccc2c1. The molecule has 1 heterocycles. The van der Waals surface area contributed by atoms with Crippen LogP contribution >= 0.6 is 0 Å².